The van der Waals surface area contributed by atoms with Crippen molar-refractivity contribution in [3.05, 3.63) is 91.4 Å². The zero-order valence-electron chi connectivity index (χ0n) is 16.0. The van der Waals surface area contributed by atoms with Gasteiger partial charge in [-0.2, -0.15) is 13.2 Å². The summed E-state index contributed by atoms with van der Waals surface area (Å²) in [6, 6.07) is 11.7. The Morgan fingerprint density at radius 3 is 2.47 bits per heavy atom. The molecule has 4 aromatic rings. The molecule has 6 nitrogen and oxygen atoms in total. The van der Waals surface area contributed by atoms with Gasteiger partial charge >= 0.3 is 11.9 Å². The van der Waals surface area contributed by atoms with Gasteiger partial charge in [0.2, 0.25) is 5.91 Å². The number of hydrogen-bond acceptors (Lipinski definition) is 4. The van der Waals surface area contributed by atoms with E-state index in [0.717, 1.165) is 32.6 Å². The molecule has 0 aliphatic rings. The highest BCUT2D eigenvalue weighted by atomic mass is 35.5. The van der Waals surface area contributed by atoms with E-state index in [9.17, 15) is 27.6 Å². The van der Waals surface area contributed by atoms with Crippen LogP contribution < -0.4 is 16.6 Å². The van der Waals surface area contributed by atoms with Crippen LogP contribution in [-0.2, 0) is 17.5 Å². The lowest BCUT2D eigenvalue weighted by Gasteiger charge is -2.13. The number of anilines is 1. The number of hydrogen-bond donors (Lipinski definition) is 1. The van der Waals surface area contributed by atoms with E-state index in [1.807, 2.05) is 0 Å². The summed E-state index contributed by atoms with van der Waals surface area (Å²) in [6.07, 6.45) is -4.56. The minimum absolute atomic E-state index is 0.0644. The predicted octanol–water partition coefficient (Wildman–Crippen LogP) is 4.52. The molecular formula is C21H13ClF3N3O3S. The number of thiophene rings is 1. The molecule has 2 heterocycles. The van der Waals surface area contributed by atoms with Gasteiger partial charge in [-0.15, -0.1) is 11.3 Å². The lowest BCUT2D eigenvalue weighted by molar-refractivity contribution is -0.137. The van der Waals surface area contributed by atoms with Crippen LogP contribution in [0.2, 0.25) is 5.02 Å². The van der Waals surface area contributed by atoms with Gasteiger partial charge in [0.05, 0.1) is 16.8 Å². The molecule has 2 aromatic carbocycles. The third-order valence-electron chi connectivity index (χ3n) is 4.61. The van der Waals surface area contributed by atoms with Gasteiger partial charge in [0.15, 0.2) is 0 Å². The van der Waals surface area contributed by atoms with E-state index < -0.39 is 35.4 Å². The highest BCUT2D eigenvalue weighted by molar-refractivity contribution is 7.17. The van der Waals surface area contributed by atoms with Crippen molar-refractivity contribution >= 4 is 44.7 Å². The number of amides is 1. The van der Waals surface area contributed by atoms with Gasteiger partial charge in [0.25, 0.3) is 5.56 Å². The zero-order valence-corrected chi connectivity index (χ0v) is 17.6. The molecule has 0 unspecified atom stereocenters. The Morgan fingerprint density at radius 1 is 1.06 bits per heavy atom. The summed E-state index contributed by atoms with van der Waals surface area (Å²) in [7, 11) is 0. The minimum atomic E-state index is -4.56. The number of rotatable bonds is 4. The number of nitrogens with one attached hydrogen (secondary N) is 1. The summed E-state index contributed by atoms with van der Waals surface area (Å²) in [4.78, 5) is 38.6. The fourth-order valence-corrected chi connectivity index (χ4v) is 4.13. The maximum atomic E-state index is 13.1. The van der Waals surface area contributed by atoms with Crippen LogP contribution in [0.4, 0.5) is 18.9 Å². The SMILES string of the molecule is O=C(Cn1c(=O)n(-c2ccc(Cl)cc2)c(=O)c2sccc21)Nc1cccc(C(F)(F)F)c1. The fourth-order valence-electron chi connectivity index (χ4n) is 3.18. The number of nitrogens with zero attached hydrogens (tertiary/aromatic N) is 2. The monoisotopic (exact) mass is 479 g/mol. The summed E-state index contributed by atoms with van der Waals surface area (Å²) in [5.41, 5.74) is -1.75. The molecule has 0 radical (unpaired) electrons. The van der Waals surface area contributed by atoms with E-state index in [4.69, 9.17) is 11.6 Å². The number of carbonyl (C=O) groups is 1. The Balaban J connectivity index is 1.73. The van der Waals surface area contributed by atoms with E-state index in [1.54, 1.807) is 5.38 Å². The first-order valence-electron chi connectivity index (χ1n) is 9.11. The highest BCUT2D eigenvalue weighted by Gasteiger charge is 2.30. The molecule has 1 amide bonds. The van der Waals surface area contributed by atoms with Crippen LogP contribution in [0.5, 0.6) is 0 Å². The lowest BCUT2D eigenvalue weighted by Crippen LogP contribution is -2.40. The number of halogens is 4. The van der Waals surface area contributed by atoms with Crippen molar-refractivity contribution in [1.29, 1.82) is 0 Å². The van der Waals surface area contributed by atoms with Crippen LogP contribution in [0.25, 0.3) is 15.9 Å². The van der Waals surface area contributed by atoms with E-state index >= 15 is 0 Å². The van der Waals surface area contributed by atoms with Gasteiger partial charge < -0.3 is 5.32 Å². The average molecular weight is 480 g/mol. The van der Waals surface area contributed by atoms with Crippen LogP contribution >= 0.6 is 22.9 Å². The Labute approximate surface area is 187 Å². The molecule has 0 atom stereocenters. The second kappa shape index (κ2) is 8.29. The molecule has 0 spiro atoms. The van der Waals surface area contributed by atoms with Crippen LogP contribution in [0.15, 0.2) is 69.6 Å². The molecule has 0 aliphatic heterocycles. The van der Waals surface area contributed by atoms with Gasteiger partial charge in [0.1, 0.15) is 11.2 Å². The molecule has 4 rings (SSSR count). The van der Waals surface area contributed by atoms with Crippen LogP contribution in [0, 0.1) is 0 Å². The van der Waals surface area contributed by atoms with Crippen molar-refractivity contribution in [3.63, 3.8) is 0 Å². The Morgan fingerprint density at radius 2 is 1.78 bits per heavy atom. The van der Waals surface area contributed by atoms with Gasteiger partial charge in [-0.25, -0.2) is 9.36 Å². The van der Waals surface area contributed by atoms with Gasteiger partial charge in [-0.05, 0) is 53.9 Å². The van der Waals surface area contributed by atoms with Crippen molar-refractivity contribution < 1.29 is 18.0 Å². The van der Waals surface area contributed by atoms with Crippen molar-refractivity contribution in [2.24, 2.45) is 0 Å². The molecule has 0 fully saturated rings. The number of alkyl halides is 3. The molecule has 0 bridgehead atoms. The van der Waals surface area contributed by atoms with E-state index in [1.165, 1.54) is 42.5 Å². The maximum absolute atomic E-state index is 13.1. The van der Waals surface area contributed by atoms with Crippen molar-refractivity contribution in [2.75, 3.05) is 5.32 Å². The number of benzene rings is 2. The average Bonchev–Trinajstić information content (AvgIpc) is 3.22. The molecule has 1 N–H and O–H groups in total. The first kappa shape index (κ1) is 21.8. The van der Waals surface area contributed by atoms with E-state index in [0.29, 0.717) is 5.02 Å². The molecule has 0 aliphatic carbocycles. The molecule has 2 aromatic heterocycles. The Hall–Kier alpha value is -3.37. The van der Waals surface area contributed by atoms with Gasteiger partial charge in [-0.3, -0.25) is 14.2 Å². The molecule has 0 saturated heterocycles. The van der Waals surface area contributed by atoms with Crippen molar-refractivity contribution in [3.8, 4) is 5.69 Å². The summed E-state index contributed by atoms with van der Waals surface area (Å²) >= 11 is 6.99. The summed E-state index contributed by atoms with van der Waals surface area (Å²) in [5.74, 6) is -0.722. The molecule has 11 heteroatoms. The van der Waals surface area contributed by atoms with Crippen LogP contribution in [-0.4, -0.2) is 15.0 Å². The minimum Gasteiger partial charge on any atom is -0.325 e. The Bertz CT molecular complexity index is 1440. The summed E-state index contributed by atoms with van der Waals surface area (Å²) in [5, 5.41) is 4.39. The van der Waals surface area contributed by atoms with Gasteiger partial charge in [-0.1, -0.05) is 17.7 Å². The smallest absolute Gasteiger partial charge is 0.325 e. The van der Waals surface area contributed by atoms with Crippen LogP contribution in [0.1, 0.15) is 5.56 Å². The maximum Gasteiger partial charge on any atom is 0.416 e. The first-order chi connectivity index (χ1) is 15.1. The lowest BCUT2D eigenvalue weighted by atomic mass is 10.2. The topological polar surface area (TPSA) is 73.1 Å². The Kier molecular flexibility index (Phi) is 5.66. The molecule has 32 heavy (non-hydrogen) atoms. The normalized spacial score (nSPS) is 11.6. The number of carbonyl (C=O) groups excluding carboxylic acids is 1. The fraction of sp³-hybridized carbons (Fsp3) is 0.0952. The second-order valence-electron chi connectivity index (χ2n) is 6.75. The molecule has 0 saturated carbocycles. The third-order valence-corrected chi connectivity index (χ3v) is 5.76. The van der Waals surface area contributed by atoms with Crippen molar-refractivity contribution in [1.82, 2.24) is 9.13 Å². The van der Waals surface area contributed by atoms with E-state index in [2.05, 4.69) is 5.32 Å². The highest BCUT2D eigenvalue weighted by Crippen LogP contribution is 2.30. The molecular weight excluding hydrogens is 467 g/mol. The second-order valence-corrected chi connectivity index (χ2v) is 8.10. The predicted molar refractivity (Wildman–Crippen MR) is 117 cm³/mol. The zero-order chi connectivity index (χ0) is 23.0. The molecule has 164 valence electrons. The number of fused-ring (bicyclic) bond motifs is 1. The summed E-state index contributed by atoms with van der Waals surface area (Å²) < 4.78 is 41.0. The first-order valence-corrected chi connectivity index (χ1v) is 10.4. The number of aromatic nitrogens is 2. The van der Waals surface area contributed by atoms with Crippen LogP contribution in [0.3, 0.4) is 0 Å². The summed E-state index contributed by atoms with van der Waals surface area (Å²) in [6.45, 7) is -0.504. The standard InChI is InChI=1S/C21H13ClF3N3O3S/c22-13-4-6-15(7-5-13)28-19(30)18-16(8-9-32-18)27(20(28)31)11-17(29)26-14-3-1-2-12(10-14)21(23,24)25/h1-10H,11H2,(H,26,29). The quantitative estimate of drug-likeness (QED) is 0.467. The van der Waals surface area contributed by atoms with Crippen molar-refractivity contribution in [2.45, 2.75) is 12.7 Å². The van der Waals surface area contributed by atoms with E-state index in [-0.39, 0.29) is 21.6 Å². The largest absolute Gasteiger partial charge is 0.416 e. The third kappa shape index (κ3) is 4.19. The van der Waals surface area contributed by atoms with Gasteiger partial charge in [0, 0.05) is 10.7 Å².